The van der Waals surface area contributed by atoms with Crippen molar-refractivity contribution in [3.05, 3.63) is 35.1 Å². The van der Waals surface area contributed by atoms with Gasteiger partial charge in [-0.05, 0) is 51.9 Å². The molecule has 2 N–H and O–H groups in total. The molecule has 0 saturated carbocycles. The van der Waals surface area contributed by atoms with E-state index in [1.165, 1.54) is 11.0 Å². The fourth-order valence-corrected chi connectivity index (χ4v) is 2.81. The topological polar surface area (TPSA) is 52.6 Å². The van der Waals surface area contributed by atoms with E-state index in [-0.39, 0.29) is 11.6 Å². The van der Waals surface area contributed by atoms with Gasteiger partial charge >= 0.3 is 0 Å². The average Bonchev–Trinajstić information content (AvgIpc) is 2.48. The number of likely N-dealkylation sites (N-methyl/N-ethyl adjacent to an activating group) is 1. The van der Waals surface area contributed by atoms with E-state index in [1.54, 1.807) is 19.2 Å². The minimum atomic E-state index is -0.921. The molecule has 21 heavy (non-hydrogen) atoms. The summed E-state index contributed by atoms with van der Waals surface area (Å²) in [5, 5.41) is 13.9. The van der Waals surface area contributed by atoms with Crippen LogP contribution in [0.4, 0.5) is 4.39 Å². The van der Waals surface area contributed by atoms with Gasteiger partial charge in [0.1, 0.15) is 5.82 Å². The van der Waals surface area contributed by atoms with Gasteiger partial charge in [-0.25, -0.2) is 4.39 Å². The van der Waals surface area contributed by atoms with Gasteiger partial charge in [-0.1, -0.05) is 11.6 Å². The van der Waals surface area contributed by atoms with Crippen molar-refractivity contribution in [3.63, 3.8) is 0 Å². The van der Waals surface area contributed by atoms with E-state index in [0.29, 0.717) is 12.8 Å². The second kappa shape index (κ2) is 6.12. The van der Waals surface area contributed by atoms with Crippen molar-refractivity contribution in [1.82, 2.24) is 10.2 Å². The maximum atomic E-state index is 13.9. The number of aliphatic hydroxyl groups is 1. The summed E-state index contributed by atoms with van der Waals surface area (Å²) in [6, 6.07) is 4.12. The maximum absolute atomic E-state index is 13.9. The Morgan fingerprint density at radius 1 is 1.43 bits per heavy atom. The Morgan fingerprint density at radius 2 is 2.05 bits per heavy atom. The first-order valence-electron chi connectivity index (χ1n) is 7.31. The van der Waals surface area contributed by atoms with Crippen LogP contribution in [0.15, 0.2) is 18.2 Å². The fourth-order valence-electron chi connectivity index (χ4n) is 2.81. The summed E-state index contributed by atoms with van der Waals surface area (Å²) in [6.45, 7) is 5.08. The number of aryl methyl sites for hydroxylation is 1. The van der Waals surface area contributed by atoms with Gasteiger partial charge < -0.3 is 15.3 Å². The number of halogens is 1. The lowest BCUT2D eigenvalue weighted by atomic mass is 9.85. The molecule has 1 fully saturated rings. The molecule has 0 aromatic heterocycles. The summed E-state index contributed by atoms with van der Waals surface area (Å²) in [7, 11) is 1.62. The minimum absolute atomic E-state index is 0.0573. The lowest BCUT2D eigenvalue weighted by Crippen LogP contribution is -2.56. The molecule has 5 heteroatoms. The lowest BCUT2D eigenvalue weighted by Gasteiger charge is -2.42. The molecule has 1 aromatic carbocycles. The van der Waals surface area contributed by atoms with Gasteiger partial charge in [0.05, 0.1) is 17.2 Å². The highest BCUT2D eigenvalue weighted by Crippen LogP contribution is 2.26. The molecule has 2 rings (SSSR count). The Kier molecular flexibility index (Phi) is 4.64. The quantitative estimate of drug-likeness (QED) is 0.892. The van der Waals surface area contributed by atoms with Crippen LogP contribution in [0.2, 0.25) is 0 Å². The van der Waals surface area contributed by atoms with Crippen LogP contribution < -0.4 is 5.32 Å². The van der Waals surface area contributed by atoms with E-state index in [9.17, 15) is 14.3 Å². The number of amides is 1. The molecule has 4 nitrogen and oxygen atoms in total. The number of carbonyl (C=O) groups is 1. The zero-order valence-electron chi connectivity index (χ0n) is 12.8. The fraction of sp³-hybridized carbons (Fsp3) is 0.562. The first kappa shape index (κ1) is 15.9. The lowest BCUT2D eigenvalue weighted by molar-refractivity contribution is -0.0482. The zero-order chi connectivity index (χ0) is 15.6. The van der Waals surface area contributed by atoms with Crippen LogP contribution in [0.25, 0.3) is 0 Å². The molecule has 1 aliphatic rings. The van der Waals surface area contributed by atoms with Gasteiger partial charge in [0, 0.05) is 7.05 Å². The maximum Gasteiger partial charge on any atom is 0.256 e. The van der Waals surface area contributed by atoms with Gasteiger partial charge in [0.25, 0.3) is 5.91 Å². The summed E-state index contributed by atoms with van der Waals surface area (Å²) >= 11 is 0. The van der Waals surface area contributed by atoms with Crippen molar-refractivity contribution in [3.8, 4) is 0 Å². The molecule has 0 spiro atoms. The molecule has 1 amide bonds. The van der Waals surface area contributed by atoms with Crippen LogP contribution in [-0.2, 0) is 0 Å². The number of benzene rings is 1. The minimum Gasteiger partial charge on any atom is -0.388 e. The largest absolute Gasteiger partial charge is 0.388 e. The Hall–Kier alpha value is -1.46. The molecular formula is C16H23FN2O2. The molecular weight excluding hydrogens is 271 g/mol. The predicted octanol–water partition coefficient (Wildman–Crippen LogP) is 1.71. The Balaban J connectivity index is 2.20. The summed E-state index contributed by atoms with van der Waals surface area (Å²) < 4.78 is 13.9. The van der Waals surface area contributed by atoms with Crippen molar-refractivity contribution in [2.24, 2.45) is 0 Å². The normalized spacial score (nSPS) is 19.1. The predicted molar refractivity (Wildman–Crippen MR) is 79.7 cm³/mol. The summed E-state index contributed by atoms with van der Waals surface area (Å²) in [5.74, 6) is -0.919. The molecule has 1 unspecified atom stereocenters. The second-order valence-electron chi connectivity index (χ2n) is 5.93. The molecule has 0 aliphatic carbocycles. The van der Waals surface area contributed by atoms with Crippen LogP contribution in [-0.4, -0.2) is 47.7 Å². The van der Waals surface area contributed by atoms with E-state index in [0.717, 1.165) is 18.7 Å². The molecule has 116 valence electrons. The number of carbonyl (C=O) groups excluding carboxylic acids is 1. The van der Waals surface area contributed by atoms with Gasteiger partial charge in [-0.2, -0.15) is 0 Å². The van der Waals surface area contributed by atoms with E-state index in [2.05, 4.69) is 5.32 Å². The molecule has 1 aliphatic heterocycles. The van der Waals surface area contributed by atoms with Crippen LogP contribution in [0.3, 0.4) is 0 Å². The van der Waals surface area contributed by atoms with Crippen molar-refractivity contribution in [1.29, 1.82) is 0 Å². The molecule has 1 heterocycles. The number of hydrogen-bond donors (Lipinski definition) is 2. The average molecular weight is 294 g/mol. The van der Waals surface area contributed by atoms with E-state index in [4.69, 9.17) is 0 Å². The van der Waals surface area contributed by atoms with Crippen molar-refractivity contribution in [2.45, 2.75) is 38.3 Å². The number of piperidine rings is 1. The SMILES string of the molecule is Cc1ccc(F)c(C(=O)N(C)C(C)C2(O)CCNCC2)c1. The van der Waals surface area contributed by atoms with E-state index >= 15 is 0 Å². The molecule has 1 aromatic rings. The Morgan fingerprint density at radius 3 is 2.67 bits per heavy atom. The molecule has 0 bridgehead atoms. The third kappa shape index (κ3) is 3.24. The number of hydrogen-bond acceptors (Lipinski definition) is 3. The van der Waals surface area contributed by atoms with Crippen LogP contribution >= 0.6 is 0 Å². The zero-order valence-corrected chi connectivity index (χ0v) is 12.8. The monoisotopic (exact) mass is 294 g/mol. The number of nitrogens with one attached hydrogen (secondary N) is 1. The van der Waals surface area contributed by atoms with Crippen LogP contribution in [0, 0.1) is 12.7 Å². The van der Waals surface area contributed by atoms with Gasteiger partial charge in [-0.3, -0.25) is 4.79 Å². The second-order valence-corrected chi connectivity index (χ2v) is 5.93. The van der Waals surface area contributed by atoms with Gasteiger partial charge in [0.2, 0.25) is 0 Å². The van der Waals surface area contributed by atoms with Crippen molar-refractivity contribution >= 4 is 5.91 Å². The third-order valence-corrected chi connectivity index (χ3v) is 4.50. The van der Waals surface area contributed by atoms with Crippen molar-refractivity contribution < 1.29 is 14.3 Å². The van der Waals surface area contributed by atoms with Crippen LogP contribution in [0.5, 0.6) is 0 Å². The third-order valence-electron chi connectivity index (χ3n) is 4.50. The highest BCUT2D eigenvalue weighted by Gasteiger charge is 2.39. The van der Waals surface area contributed by atoms with E-state index in [1.807, 2.05) is 13.8 Å². The Labute approximate surface area is 125 Å². The van der Waals surface area contributed by atoms with E-state index < -0.39 is 17.3 Å². The van der Waals surface area contributed by atoms with Crippen LogP contribution in [0.1, 0.15) is 35.7 Å². The number of rotatable bonds is 3. The van der Waals surface area contributed by atoms with Gasteiger partial charge in [0.15, 0.2) is 0 Å². The first-order valence-corrected chi connectivity index (χ1v) is 7.31. The summed E-state index contributed by atoms with van der Waals surface area (Å²) in [4.78, 5) is 14.0. The Bertz CT molecular complexity index is 527. The molecule has 1 saturated heterocycles. The highest BCUT2D eigenvalue weighted by atomic mass is 19.1. The molecule has 0 radical (unpaired) electrons. The number of nitrogens with zero attached hydrogens (tertiary/aromatic N) is 1. The summed E-state index contributed by atoms with van der Waals surface area (Å²) in [6.07, 6.45) is 1.17. The summed E-state index contributed by atoms with van der Waals surface area (Å²) in [5.41, 5.74) is -0.0288. The smallest absolute Gasteiger partial charge is 0.256 e. The van der Waals surface area contributed by atoms with Crippen molar-refractivity contribution in [2.75, 3.05) is 20.1 Å². The standard InChI is InChI=1S/C16H23FN2O2/c1-11-4-5-14(17)13(10-11)15(20)19(3)12(2)16(21)6-8-18-9-7-16/h4-5,10,12,18,21H,6-9H2,1-3H3. The molecule has 1 atom stereocenters. The van der Waals surface area contributed by atoms with Gasteiger partial charge in [-0.15, -0.1) is 0 Å². The first-order chi connectivity index (χ1) is 9.85. The highest BCUT2D eigenvalue weighted by molar-refractivity contribution is 5.94.